The summed E-state index contributed by atoms with van der Waals surface area (Å²) in [4.78, 5) is 32.5. The molecule has 0 amide bonds. The largest absolute Gasteiger partial charge is 0.494 e. The number of aromatic nitrogens is 1. The van der Waals surface area contributed by atoms with E-state index >= 15 is 0 Å². The van der Waals surface area contributed by atoms with E-state index in [4.69, 9.17) is 42.1 Å². The second-order valence-corrected chi connectivity index (χ2v) is 12.6. The zero-order chi connectivity index (χ0) is 32.2. The summed E-state index contributed by atoms with van der Waals surface area (Å²) in [6.07, 6.45) is 1.73. The van der Waals surface area contributed by atoms with Crippen LogP contribution in [0.2, 0.25) is 10.0 Å². The van der Waals surface area contributed by atoms with Crippen LogP contribution in [0.25, 0.3) is 6.08 Å². The Balaban J connectivity index is 1.65. The van der Waals surface area contributed by atoms with Gasteiger partial charge in [0.15, 0.2) is 16.3 Å². The third-order valence-corrected chi connectivity index (χ3v) is 8.99. The van der Waals surface area contributed by atoms with Gasteiger partial charge in [0.2, 0.25) is 0 Å². The Kier molecular flexibility index (Phi) is 10.4. The average Bonchev–Trinajstić information content (AvgIpc) is 3.30. The second-order valence-electron chi connectivity index (χ2n) is 9.86. The fourth-order valence-electron chi connectivity index (χ4n) is 4.95. The average molecular weight is 732 g/mol. The first-order valence-corrected chi connectivity index (χ1v) is 16.4. The van der Waals surface area contributed by atoms with Crippen LogP contribution in [0.4, 0.5) is 0 Å². The van der Waals surface area contributed by atoms with Crippen molar-refractivity contribution in [1.82, 2.24) is 4.57 Å². The smallest absolute Gasteiger partial charge is 0.338 e. The van der Waals surface area contributed by atoms with E-state index in [1.165, 1.54) is 23.0 Å². The van der Waals surface area contributed by atoms with Crippen molar-refractivity contribution >= 4 is 62.5 Å². The number of hydrogen-bond acceptors (Lipinski definition) is 8. The summed E-state index contributed by atoms with van der Waals surface area (Å²) in [6.45, 7) is 6.22. The van der Waals surface area contributed by atoms with Crippen molar-refractivity contribution in [2.75, 3.05) is 20.3 Å². The van der Waals surface area contributed by atoms with E-state index in [-0.39, 0.29) is 18.8 Å². The minimum atomic E-state index is -0.752. The van der Waals surface area contributed by atoms with Gasteiger partial charge in [-0.25, -0.2) is 9.79 Å². The number of benzene rings is 3. The number of thiazole rings is 1. The summed E-state index contributed by atoms with van der Waals surface area (Å²) in [6, 6.07) is 15.4. The van der Waals surface area contributed by atoms with Crippen molar-refractivity contribution in [1.29, 1.82) is 0 Å². The maximum absolute atomic E-state index is 14.2. The summed E-state index contributed by atoms with van der Waals surface area (Å²) in [5, 5.41) is 0.987. The van der Waals surface area contributed by atoms with E-state index in [2.05, 4.69) is 20.9 Å². The Labute approximate surface area is 282 Å². The van der Waals surface area contributed by atoms with Crippen LogP contribution in [0.15, 0.2) is 80.1 Å². The minimum absolute atomic E-state index is 0.135. The number of rotatable bonds is 10. The lowest BCUT2D eigenvalue weighted by Crippen LogP contribution is -2.39. The molecule has 12 heteroatoms. The number of ether oxygens (including phenoxy) is 4. The molecule has 5 rings (SSSR count). The number of hydrogen-bond donors (Lipinski definition) is 0. The molecule has 0 bridgehead atoms. The van der Waals surface area contributed by atoms with Gasteiger partial charge in [-0.2, -0.15) is 0 Å². The Morgan fingerprint density at radius 3 is 2.49 bits per heavy atom. The number of methoxy groups -OCH3 is 1. The molecule has 0 aliphatic carbocycles. The van der Waals surface area contributed by atoms with Gasteiger partial charge in [-0.15, -0.1) is 0 Å². The molecule has 8 nitrogen and oxygen atoms in total. The van der Waals surface area contributed by atoms with Crippen LogP contribution in [0.3, 0.4) is 0 Å². The first kappa shape index (κ1) is 32.8. The van der Waals surface area contributed by atoms with Crippen LogP contribution in [0, 0.1) is 0 Å². The van der Waals surface area contributed by atoms with E-state index in [9.17, 15) is 9.59 Å². The normalized spacial score (nSPS) is 14.6. The molecule has 1 aliphatic heterocycles. The fourth-order valence-corrected chi connectivity index (χ4v) is 6.91. The number of carbonyl (C=O) groups is 1. The zero-order valence-corrected chi connectivity index (χ0v) is 28.8. The van der Waals surface area contributed by atoms with E-state index in [1.54, 1.807) is 44.2 Å². The van der Waals surface area contributed by atoms with Gasteiger partial charge in [-0.05, 0) is 68.8 Å². The van der Waals surface area contributed by atoms with Gasteiger partial charge in [0, 0.05) is 25.6 Å². The minimum Gasteiger partial charge on any atom is -0.494 e. The third-order valence-electron chi connectivity index (χ3n) is 6.97. The van der Waals surface area contributed by atoms with Crippen molar-refractivity contribution in [3.8, 4) is 17.2 Å². The SMILES string of the molecule is CCOC(=O)C1=C(C)N=c2s/c(=C\c3cc(Br)cc(OC)c3OCc3ccc(Cl)cc3Cl)c(=O)n2[C@@H]1c1ccc(OCC)cc1. The monoisotopic (exact) mass is 730 g/mol. The van der Waals surface area contributed by atoms with Crippen LogP contribution in [-0.4, -0.2) is 30.9 Å². The standard InChI is InChI=1S/C33H29BrCl2N2O6S/c1-5-42-24-11-8-19(9-12-24)29-28(32(40)43-6-2)18(3)37-33-38(29)31(39)27(45-33)14-21-13-22(34)15-26(41-4)30(21)44-17-20-7-10-23(35)16-25(20)36/h7-16,29H,5-6,17H2,1-4H3/b27-14-/t29-/m1/s1. The first-order chi connectivity index (χ1) is 21.6. The van der Waals surface area contributed by atoms with Crippen LogP contribution in [-0.2, 0) is 16.1 Å². The predicted octanol–water partition coefficient (Wildman–Crippen LogP) is 6.85. The molecule has 0 unspecified atom stereocenters. The molecule has 0 saturated heterocycles. The highest BCUT2D eigenvalue weighted by atomic mass is 79.9. The molecule has 2 heterocycles. The second kappa shape index (κ2) is 14.2. The number of halogens is 3. The van der Waals surface area contributed by atoms with Crippen LogP contribution < -0.4 is 29.1 Å². The highest BCUT2D eigenvalue weighted by Gasteiger charge is 2.33. The third kappa shape index (κ3) is 6.99. The highest BCUT2D eigenvalue weighted by molar-refractivity contribution is 9.10. The first-order valence-electron chi connectivity index (χ1n) is 14.0. The van der Waals surface area contributed by atoms with Crippen molar-refractivity contribution < 1.29 is 23.7 Å². The topological polar surface area (TPSA) is 88.4 Å². The number of nitrogens with zero attached hydrogens (tertiary/aromatic N) is 2. The Bertz CT molecular complexity index is 1970. The molecule has 0 N–H and O–H groups in total. The fraction of sp³-hybridized carbons (Fsp3) is 0.242. The molecule has 45 heavy (non-hydrogen) atoms. The van der Waals surface area contributed by atoms with E-state index in [1.807, 2.05) is 37.3 Å². The summed E-state index contributed by atoms with van der Waals surface area (Å²) in [5.74, 6) is 1.04. The summed E-state index contributed by atoms with van der Waals surface area (Å²) in [5.41, 5.74) is 2.50. The van der Waals surface area contributed by atoms with Gasteiger partial charge in [-0.1, -0.05) is 68.7 Å². The van der Waals surface area contributed by atoms with Crippen molar-refractivity contribution in [2.45, 2.75) is 33.4 Å². The molecule has 234 valence electrons. The van der Waals surface area contributed by atoms with Gasteiger partial charge in [-0.3, -0.25) is 9.36 Å². The maximum atomic E-state index is 14.2. The lowest BCUT2D eigenvalue weighted by Gasteiger charge is -2.24. The van der Waals surface area contributed by atoms with Gasteiger partial charge in [0.1, 0.15) is 12.4 Å². The van der Waals surface area contributed by atoms with Gasteiger partial charge >= 0.3 is 5.97 Å². The van der Waals surface area contributed by atoms with Crippen LogP contribution in [0.5, 0.6) is 17.2 Å². The summed E-state index contributed by atoms with van der Waals surface area (Å²) >= 11 is 17.2. The Morgan fingerprint density at radius 1 is 1.07 bits per heavy atom. The number of fused-ring (bicyclic) bond motifs is 1. The molecule has 4 aromatic rings. The van der Waals surface area contributed by atoms with Crippen molar-refractivity contribution in [2.24, 2.45) is 4.99 Å². The Hall–Kier alpha value is -3.57. The molecular weight excluding hydrogens is 703 g/mol. The van der Waals surface area contributed by atoms with Crippen molar-refractivity contribution in [3.05, 3.63) is 117 Å². The van der Waals surface area contributed by atoms with Gasteiger partial charge in [0.25, 0.3) is 5.56 Å². The molecule has 1 atom stereocenters. The molecule has 3 aromatic carbocycles. The summed E-state index contributed by atoms with van der Waals surface area (Å²) < 4.78 is 25.5. The molecule has 0 saturated carbocycles. The zero-order valence-electron chi connectivity index (χ0n) is 24.9. The highest BCUT2D eigenvalue weighted by Crippen LogP contribution is 2.37. The number of esters is 1. The van der Waals surface area contributed by atoms with E-state index in [0.717, 1.165) is 15.6 Å². The molecule has 0 spiro atoms. The summed E-state index contributed by atoms with van der Waals surface area (Å²) in [7, 11) is 1.54. The molecule has 1 aliphatic rings. The quantitative estimate of drug-likeness (QED) is 0.166. The van der Waals surface area contributed by atoms with Gasteiger partial charge in [0.05, 0.1) is 42.2 Å². The predicted molar refractivity (Wildman–Crippen MR) is 179 cm³/mol. The number of carbonyl (C=O) groups excluding carboxylic acids is 1. The lowest BCUT2D eigenvalue weighted by molar-refractivity contribution is -0.139. The van der Waals surface area contributed by atoms with Crippen LogP contribution >= 0.6 is 50.5 Å². The van der Waals surface area contributed by atoms with E-state index in [0.29, 0.717) is 60.1 Å². The molecule has 0 fully saturated rings. The Morgan fingerprint density at radius 2 is 1.82 bits per heavy atom. The van der Waals surface area contributed by atoms with E-state index < -0.39 is 12.0 Å². The lowest BCUT2D eigenvalue weighted by atomic mass is 9.96. The molecule has 1 aromatic heterocycles. The van der Waals surface area contributed by atoms with Crippen LogP contribution in [0.1, 0.15) is 43.5 Å². The van der Waals surface area contributed by atoms with Gasteiger partial charge < -0.3 is 18.9 Å². The maximum Gasteiger partial charge on any atom is 0.338 e. The molecular formula is C33H29BrCl2N2O6S. The number of allylic oxidation sites excluding steroid dienone is 1. The molecule has 0 radical (unpaired) electrons. The van der Waals surface area contributed by atoms with Crippen molar-refractivity contribution in [3.63, 3.8) is 0 Å².